The highest BCUT2D eigenvalue weighted by Gasteiger charge is 2.25. The third-order valence-electron chi connectivity index (χ3n) is 4.85. The topological polar surface area (TPSA) is 26.8 Å². The van der Waals surface area contributed by atoms with Crippen molar-refractivity contribution in [1.29, 1.82) is 0 Å². The van der Waals surface area contributed by atoms with Crippen molar-refractivity contribution in [3.05, 3.63) is 0 Å². The lowest BCUT2D eigenvalue weighted by atomic mass is 9.96. The summed E-state index contributed by atoms with van der Waals surface area (Å²) in [5.74, 6) is 1.32. The number of piperazine rings is 1. The summed E-state index contributed by atoms with van der Waals surface area (Å²) < 4.78 is 0. The molecular weight excluding hydrogens is 250 g/mol. The number of hydrogen-bond acceptors (Lipinski definition) is 3. The number of nitrogens with zero attached hydrogens (tertiary/aromatic N) is 3. The van der Waals surface area contributed by atoms with Gasteiger partial charge in [-0.2, -0.15) is 0 Å². The molecule has 0 spiro atoms. The first-order valence-corrected chi connectivity index (χ1v) is 8.33. The van der Waals surface area contributed by atoms with E-state index >= 15 is 0 Å². The van der Waals surface area contributed by atoms with Gasteiger partial charge in [-0.1, -0.05) is 20.8 Å². The summed E-state index contributed by atoms with van der Waals surface area (Å²) in [6.45, 7) is 15.2. The van der Waals surface area contributed by atoms with Crippen LogP contribution in [-0.4, -0.2) is 73.0 Å². The summed E-state index contributed by atoms with van der Waals surface area (Å²) in [6.07, 6.45) is 2.69. The molecule has 0 N–H and O–H groups in total. The quantitative estimate of drug-likeness (QED) is 0.782. The third kappa shape index (κ3) is 4.19. The van der Waals surface area contributed by atoms with Gasteiger partial charge in [-0.25, -0.2) is 0 Å². The predicted molar refractivity (Wildman–Crippen MR) is 82.7 cm³/mol. The second kappa shape index (κ2) is 7.41. The second-order valence-electron chi connectivity index (χ2n) is 6.66. The zero-order valence-electron chi connectivity index (χ0n) is 13.5. The van der Waals surface area contributed by atoms with E-state index in [2.05, 4.69) is 16.7 Å². The molecule has 4 nitrogen and oxygen atoms in total. The molecule has 0 aromatic heterocycles. The number of piperidine rings is 1. The van der Waals surface area contributed by atoms with E-state index in [1.54, 1.807) is 0 Å². The van der Waals surface area contributed by atoms with Crippen LogP contribution in [0.15, 0.2) is 0 Å². The van der Waals surface area contributed by atoms with Gasteiger partial charge in [0.05, 0.1) is 0 Å². The molecule has 0 atom stereocenters. The van der Waals surface area contributed by atoms with Gasteiger partial charge in [0.1, 0.15) is 0 Å². The van der Waals surface area contributed by atoms with Crippen molar-refractivity contribution in [2.45, 2.75) is 33.6 Å². The van der Waals surface area contributed by atoms with Crippen molar-refractivity contribution in [1.82, 2.24) is 14.7 Å². The van der Waals surface area contributed by atoms with Crippen LogP contribution in [0.5, 0.6) is 0 Å². The van der Waals surface area contributed by atoms with Crippen molar-refractivity contribution in [3.63, 3.8) is 0 Å². The minimum atomic E-state index is 0.139. The molecule has 0 radical (unpaired) electrons. The fourth-order valence-electron chi connectivity index (χ4n) is 3.37. The molecule has 4 heteroatoms. The maximum absolute atomic E-state index is 12.0. The van der Waals surface area contributed by atoms with Crippen molar-refractivity contribution in [2.24, 2.45) is 11.8 Å². The van der Waals surface area contributed by atoms with Crippen LogP contribution in [0.3, 0.4) is 0 Å². The Kier molecular flexibility index (Phi) is 5.85. The van der Waals surface area contributed by atoms with Gasteiger partial charge in [0, 0.05) is 38.6 Å². The zero-order chi connectivity index (χ0) is 14.5. The van der Waals surface area contributed by atoms with Gasteiger partial charge >= 0.3 is 0 Å². The van der Waals surface area contributed by atoms with Gasteiger partial charge in [0.15, 0.2) is 0 Å². The van der Waals surface area contributed by atoms with Crippen molar-refractivity contribution in [2.75, 3.05) is 52.4 Å². The van der Waals surface area contributed by atoms with E-state index in [-0.39, 0.29) is 5.92 Å². The molecule has 2 fully saturated rings. The number of carbonyl (C=O) groups excluding carboxylic acids is 1. The Balaban J connectivity index is 1.68. The smallest absolute Gasteiger partial charge is 0.225 e. The third-order valence-corrected chi connectivity index (χ3v) is 4.85. The van der Waals surface area contributed by atoms with Crippen LogP contribution in [0.4, 0.5) is 0 Å². The molecule has 2 saturated heterocycles. The van der Waals surface area contributed by atoms with Gasteiger partial charge in [-0.05, 0) is 38.4 Å². The Morgan fingerprint density at radius 1 is 1.00 bits per heavy atom. The average molecular weight is 281 g/mol. The molecule has 116 valence electrons. The minimum Gasteiger partial charge on any atom is -0.340 e. The summed E-state index contributed by atoms with van der Waals surface area (Å²) >= 11 is 0. The fraction of sp³-hybridized carbons (Fsp3) is 0.938. The van der Waals surface area contributed by atoms with Gasteiger partial charge in [0.2, 0.25) is 5.91 Å². The highest BCUT2D eigenvalue weighted by Crippen LogP contribution is 2.19. The van der Waals surface area contributed by atoms with E-state index in [0.29, 0.717) is 5.91 Å². The molecule has 2 rings (SSSR count). The zero-order valence-corrected chi connectivity index (χ0v) is 13.5. The van der Waals surface area contributed by atoms with Crippen LogP contribution < -0.4 is 0 Å². The Hall–Kier alpha value is -0.610. The van der Waals surface area contributed by atoms with Gasteiger partial charge in [-0.3, -0.25) is 9.69 Å². The predicted octanol–water partition coefficient (Wildman–Crippen LogP) is 1.52. The molecule has 0 saturated carbocycles. The molecule has 0 unspecified atom stereocenters. The Bertz CT molecular complexity index is 303. The number of likely N-dealkylation sites (tertiary alicyclic amines) is 1. The Morgan fingerprint density at radius 3 is 2.10 bits per heavy atom. The van der Waals surface area contributed by atoms with E-state index in [0.717, 1.165) is 32.1 Å². The normalized spacial score (nSPS) is 23.5. The van der Waals surface area contributed by atoms with Gasteiger partial charge in [0.25, 0.3) is 0 Å². The SMILES string of the molecule is CCN1CCC(CN2CCN(C(=O)C(C)C)CC2)CC1. The summed E-state index contributed by atoms with van der Waals surface area (Å²) in [7, 11) is 0. The Morgan fingerprint density at radius 2 is 1.60 bits per heavy atom. The van der Waals surface area contributed by atoms with E-state index in [1.165, 1.54) is 39.0 Å². The van der Waals surface area contributed by atoms with Crippen LogP contribution >= 0.6 is 0 Å². The first kappa shape index (κ1) is 15.8. The van der Waals surface area contributed by atoms with Crippen LogP contribution in [0.1, 0.15) is 33.6 Å². The van der Waals surface area contributed by atoms with Crippen molar-refractivity contribution in [3.8, 4) is 0 Å². The molecule has 2 aliphatic rings. The fourth-order valence-corrected chi connectivity index (χ4v) is 3.37. The summed E-state index contributed by atoms with van der Waals surface area (Å²) in [4.78, 5) is 19.1. The average Bonchev–Trinajstić information content (AvgIpc) is 2.48. The van der Waals surface area contributed by atoms with Crippen LogP contribution in [0, 0.1) is 11.8 Å². The highest BCUT2D eigenvalue weighted by molar-refractivity contribution is 5.78. The number of hydrogen-bond donors (Lipinski definition) is 0. The first-order valence-electron chi connectivity index (χ1n) is 8.33. The van der Waals surface area contributed by atoms with Crippen LogP contribution in [0.2, 0.25) is 0 Å². The molecule has 2 aliphatic heterocycles. The standard InChI is InChI=1S/C16H31N3O/c1-4-17-7-5-15(6-8-17)13-18-9-11-19(12-10-18)16(20)14(2)3/h14-15H,4-13H2,1-3H3. The lowest BCUT2D eigenvalue weighted by Crippen LogP contribution is -2.51. The molecule has 20 heavy (non-hydrogen) atoms. The molecular formula is C16H31N3O. The van der Waals surface area contributed by atoms with E-state index < -0.39 is 0 Å². The molecule has 0 aromatic rings. The summed E-state index contributed by atoms with van der Waals surface area (Å²) in [5, 5.41) is 0. The number of rotatable bonds is 4. The molecule has 0 bridgehead atoms. The number of amides is 1. The molecule has 1 amide bonds. The van der Waals surface area contributed by atoms with E-state index in [1.807, 2.05) is 18.7 Å². The van der Waals surface area contributed by atoms with Crippen molar-refractivity contribution >= 4 is 5.91 Å². The van der Waals surface area contributed by atoms with Crippen LogP contribution in [-0.2, 0) is 4.79 Å². The van der Waals surface area contributed by atoms with E-state index in [4.69, 9.17) is 0 Å². The first-order chi connectivity index (χ1) is 9.60. The van der Waals surface area contributed by atoms with Gasteiger partial charge < -0.3 is 9.80 Å². The monoisotopic (exact) mass is 281 g/mol. The summed E-state index contributed by atoms with van der Waals surface area (Å²) in [5.41, 5.74) is 0. The van der Waals surface area contributed by atoms with Gasteiger partial charge in [-0.15, -0.1) is 0 Å². The molecule has 0 aromatic carbocycles. The maximum Gasteiger partial charge on any atom is 0.225 e. The second-order valence-corrected chi connectivity index (χ2v) is 6.66. The minimum absolute atomic E-state index is 0.139. The Labute approximate surface area is 124 Å². The molecule has 0 aliphatic carbocycles. The molecule has 2 heterocycles. The lowest BCUT2D eigenvalue weighted by molar-refractivity contribution is -0.136. The highest BCUT2D eigenvalue weighted by atomic mass is 16.2. The largest absolute Gasteiger partial charge is 0.340 e. The van der Waals surface area contributed by atoms with E-state index in [9.17, 15) is 4.79 Å². The van der Waals surface area contributed by atoms with Crippen molar-refractivity contribution < 1.29 is 4.79 Å². The lowest BCUT2D eigenvalue weighted by Gasteiger charge is -2.39. The number of carbonyl (C=O) groups is 1. The maximum atomic E-state index is 12.0. The summed E-state index contributed by atoms with van der Waals surface area (Å²) in [6, 6.07) is 0. The van der Waals surface area contributed by atoms with Crippen LogP contribution in [0.25, 0.3) is 0 Å².